The summed E-state index contributed by atoms with van der Waals surface area (Å²) in [5.74, 6) is 0. The predicted molar refractivity (Wildman–Crippen MR) is 83.5 cm³/mol. The van der Waals surface area contributed by atoms with E-state index in [1.165, 1.54) is 0 Å². The van der Waals surface area contributed by atoms with Crippen LogP contribution in [0.5, 0.6) is 0 Å². The fourth-order valence-electron chi connectivity index (χ4n) is 1.82. The van der Waals surface area contributed by atoms with Crippen molar-refractivity contribution in [3.63, 3.8) is 0 Å². The van der Waals surface area contributed by atoms with Crippen molar-refractivity contribution in [2.24, 2.45) is 0 Å². The van der Waals surface area contributed by atoms with E-state index in [0.717, 1.165) is 24.3 Å². The largest absolute Gasteiger partial charge is 0.383 e. The summed E-state index contributed by atoms with van der Waals surface area (Å²) < 4.78 is 5.06. The summed E-state index contributed by atoms with van der Waals surface area (Å²) in [5.41, 5.74) is 1.86. The third-order valence-corrected chi connectivity index (χ3v) is 3.22. The number of anilines is 2. The standard InChI is InChI=1S/C15H25N3O2/c1-5-12(11-20-4)16-15(19)17-13-8-7-9-14(10-13)18(3)6-2/h7-10,12H,5-6,11H2,1-4H3,(H2,16,17,19). The van der Waals surface area contributed by atoms with E-state index in [1.54, 1.807) is 7.11 Å². The van der Waals surface area contributed by atoms with Gasteiger partial charge in [-0.25, -0.2) is 4.79 Å². The van der Waals surface area contributed by atoms with Crippen LogP contribution in [0.3, 0.4) is 0 Å². The fraction of sp³-hybridized carbons (Fsp3) is 0.533. The van der Waals surface area contributed by atoms with Crippen molar-refractivity contribution in [2.75, 3.05) is 37.5 Å². The number of amides is 2. The molecule has 1 rings (SSSR count). The van der Waals surface area contributed by atoms with Crippen LogP contribution >= 0.6 is 0 Å². The van der Waals surface area contributed by atoms with Crippen LogP contribution in [0.4, 0.5) is 16.2 Å². The molecule has 0 aliphatic heterocycles. The van der Waals surface area contributed by atoms with Crippen LogP contribution in [0.2, 0.25) is 0 Å². The van der Waals surface area contributed by atoms with Crippen molar-refractivity contribution < 1.29 is 9.53 Å². The Morgan fingerprint density at radius 1 is 1.40 bits per heavy atom. The molecule has 112 valence electrons. The number of benzene rings is 1. The first-order valence-electron chi connectivity index (χ1n) is 6.98. The number of carbonyl (C=O) groups excluding carboxylic acids is 1. The number of hydrogen-bond acceptors (Lipinski definition) is 3. The molecule has 1 aromatic carbocycles. The smallest absolute Gasteiger partial charge is 0.319 e. The van der Waals surface area contributed by atoms with E-state index >= 15 is 0 Å². The van der Waals surface area contributed by atoms with Crippen molar-refractivity contribution in [2.45, 2.75) is 26.3 Å². The molecule has 0 saturated carbocycles. The van der Waals surface area contributed by atoms with E-state index < -0.39 is 0 Å². The van der Waals surface area contributed by atoms with Gasteiger partial charge in [0.15, 0.2) is 0 Å². The van der Waals surface area contributed by atoms with E-state index in [-0.39, 0.29) is 12.1 Å². The third kappa shape index (κ3) is 5.09. The Bertz CT molecular complexity index is 423. The number of urea groups is 1. The fourth-order valence-corrected chi connectivity index (χ4v) is 1.82. The average Bonchev–Trinajstić information content (AvgIpc) is 2.46. The SMILES string of the molecule is CCC(COC)NC(=O)Nc1cccc(N(C)CC)c1. The summed E-state index contributed by atoms with van der Waals surface area (Å²) in [6, 6.07) is 7.62. The molecule has 5 nitrogen and oxygen atoms in total. The zero-order valence-corrected chi connectivity index (χ0v) is 12.8. The number of methoxy groups -OCH3 is 1. The summed E-state index contributed by atoms with van der Waals surface area (Å²) >= 11 is 0. The van der Waals surface area contributed by atoms with Crippen molar-refractivity contribution in [3.05, 3.63) is 24.3 Å². The van der Waals surface area contributed by atoms with Crippen LogP contribution < -0.4 is 15.5 Å². The highest BCUT2D eigenvalue weighted by atomic mass is 16.5. The lowest BCUT2D eigenvalue weighted by Crippen LogP contribution is -2.40. The quantitative estimate of drug-likeness (QED) is 0.807. The molecule has 0 fully saturated rings. The lowest BCUT2D eigenvalue weighted by atomic mass is 10.2. The summed E-state index contributed by atoms with van der Waals surface area (Å²) in [6.07, 6.45) is 0.833. The highest BCUT2D eigenvalue weighted by molar-refractivity contribution is 5.90. The molecule has 2 amide bonds. The first-order valence-corrected chi connectivity index (χ1v) is 6.98. The molecule has 0 radical (unpaired) electrons. The summed E-state index contributed by atoms with van der Waals surface area (Å²) in [5, 5.41) is 5.74. The predicted octanol–water partition coefficient (Wildman–Crippen LogP) is 2.69. The second kappa shape index (κ2) is 8.43. The van der Waals surface area contributed by atoms with Gasteiger partial charge in [-0.3, -0.25) is 0 Å². The molecule has 5 heteroatoms. The minimum Gasteiger partial charge on any atom is -0.383 e. The van der Waals surface area contributed by atoms with Gasteiger partial charge in [0.1, 0.15) is 0 Å². The Morgan fingerprint density at radius 3 is 2.75 bits per heavy atom. The van der Waals surface area contributed by atoms with Gasteiger partial charge in [0, 0.05) is 32.1 Å². The van der Waals surface area contributed by atoms with Crippen molar-refractivity contribution >= 4 is 17.4 Å². The van der Waals surface area contributed by atoms with E-state index in [2.05, 4.69) is 22.5 Å². The number of carbonyl (C=O) groups is 1. The lowest BCUT2D eigenvalue weighted by Gasteiger charge is -2.19. The first kappa shape index (κ1) is 16.3. The van der Waals surface area contributed by atoms with Crippen LogP contribution in [-0.4, -0.2) is 39.4 Å². The molecule has 0 saturated heterocycles. The van der Waals surface area contributed by atoms with Crippen molar-refractivity contribution in [3.8, 4) is 0 Å². The molecule has 20 heavy (non-hydrogen) atoms. The highest BCUT2D eigenvalue weighted by Crippen LogP contribution is 2.18. The first-order chi connectivity index (χ1) is 9.60. The van der Waals surface area contributed by atoms with Gasteiger partial charge in [0.2, 0.25) is 0 Å². The van der Waals surface area contributed by atoms with E-state index in [0.29, 0.717) is 6.61 Å². The second-order valence-electron chi connectivity index (χ2n) is 4.72. The molecule has 0 aliphatic rings. The Kier molecular flexibility index (Phi) is 6.87. The maximum atomic E-state index is 11.9. The molecule has 2 N–H and O–H groups in total. The zero-order valence-electron chi connectivity index (χ0n) is 12.8. The van der Waals surface area contributed by atoms with Crippen molar-refractivity contribution in [1.29, 1.82) is 0 Å². The maximum Gasteiger partial charge on any atom is 0.319 e. The Labute approximate surface area is 121 Å². The molecule has 0 bridgehead atoms. The Hall–Kier alpha value is -1.75. The Morgan fingerprint density at radius 2 is 2.15 bits per heavy atom. The van der Waals surface area contributed by atoms with Gasteiger partial charge in [-0.2, -0.15) is 0 Å². The number of nitrogens with zero attached hydrogens (tertiary/aromatic N) is 1. The molecule has 1 unspecified atom stereocenters. The van der Waals surface area contributed by atoms with Crippen LogP contribution in [-0.2, 0) is 4.74 Å². The van der Waals surface area contributed by atoms with Gasteiger partial charge in [-0.15, -0.1) is 0 Å². The van der Waals surface area contributed by atoms with Crippen LogP contribution in [0.15, 0.2) is 24.3 Å². The van der Waals surface area contributed by atoms with Gasteiger partial charge in [-0.05, 0) is 31.5 Å². The topological polar surface area (TPSA) is 53.6 Å². The molecule has 1 aromatic rings. The van der Waals surface area contributed by atoms with Gasteiger partial charge in [0.25, 0.3) is 0 Å². The van der Waals surface area contributed by atoms with E-state index in [1.807, 2.05) is 38.2 Å². The number of rotatable bonds is 7. The van der Waals surface area contributed by atoms with Crippen LogP contribution in [0.25, 0.3) is 0 Å². The number of ether oxygens (including phenoxy) is 1. The molecule has 0 aliphatic carbocycles. The molecule has 1 atom stereocenters. The maximum absolute atomic E-state index is 11.9. The Balaban J connectivity index is 2.61. The van der Waals surface area contributed by atoms with Gasteiger partial charge < -0.3 is 20.3 Å². The normalized spacial score (nSPS) is 11.8. The molecule has 0 spiro atoms. The summed E-state index contributed by atoms with van der Waals surface area (Å²) in [6.45, 7) is 5.54. The highest BCUT2D eigenvalue weighted by Gasteiger charge is 2.10. The van der Waals surface area contributed by atoms with Crippen LogP contribution in [0, 0.1) is 0 Å². The third-order valence-electron chi connectivity index (χ3n) is 3.22. The molecular weight excluding hydrogens is 254 g/mol. The number of hydrogen-bond donors (Lipinski definition) is 2. The van der Waals surface area contributed by atoms with Crippen LogP contribution in [0.1, 0.15) is 20.3 Å². The van der Waals surface area contributed by atoms with E-state index in [9.17, 15) is 4.79 Å². The summed E-state index contributed by atoms with van der Waals surface area (Å²) in [4.78, 5) is 14.0. The average molecular weight is 279 g/mol. The number of nitrogens with one attached hydrogen (secondary N) is 2. The lowest BCUT2D eigenvalue weighted by molar-refractivity contribution is 0.165. The van der Waals surface area contributed by atoms with Gasteiger partial charge in [-0.1, -0.05) is 13.0 Å². The molecule has 0 heterocycles. The van der Waals surface area contributed by atoms with Crippen molar-refractivity contribution in [1.82, 2.24) is 5.32 Å². The minimum absolute atomic E-state index is 0.0292. The van der Waals surface area contributed by atoms with E-state index in [4.69, 9.17) is 4.74 Å². The molecule has 0 aromatic heterocycles. The molecular formula is C15H25N3O2. The monoisotopic (exact) mass is 279 g/mol. The minimum atomic E-state index is -0.204. The second-order valence-corrected chi connectivity index (χ2v) is 4.72. The van der Waals surface area contributed by atoms with Gasteiger partial charge in [0.05, 0.1) is 12.6 Å². The zero-order chi connectivity index (χ0) is 15.0. The van der Waals surface area contributed by atoms with Gasteiger partial charge >= 0.3 is 6.03 Å². The summed E-state index contributed by atoms with van der Waals surface area (Å²) in [7, 11) is 3.65.